The normalized spacial score (nSPS) is 18.4. The first-order valence-electron chi connectivity index (χ1n) is 11.8. The van der Waals surface area contributed by atoms with Crippen LogP contribution in [0, 0.1) is 0 Å². The van der Waals surface area contributed by atoms with Crippen molar-refractivity contribution < 1.29 is 33.4 Å². The molecule has 194 valence electrons. The van der Waals surface area contributed by atoms with E-state index in [1.807, 2.05) is 30.3 Å². The lowest BCUT2D eigenvalue weighted by atomic mass is 9.98. The van der Waals surface area contributed by atoms with Gasteiger partial charge in [-0.05, 0) is 59.9 Å². The number of carbonyl (C=O) groups excluding carboxylic acids is 3. The van der Waals surface area contributed by atoms with Crippen LogP contribution in [0.5, 0.6) is 0 Å². The Morgan fingerprint density at radius 1 is 1.03 bits per heavy atom. The number of hydroxylamine groups is 2. The third-order valence-corrected chi connectivity index (χ3v) is 4.92. The maximum atomic E-state index is 13.1. The Kier molecular flexibility index (Phi) is 9.71. The predicted molar refractivity (Wildman–Crippen MR) is 130 cm³/mol. The lowest BCUT2D eigenvalue weighted by Crippen LogP contribution is -2.58. The zero-order chi connectivity index (χ0) is 26.2. The molecule has 0 N–H and O–H groups in total. The molecule has 35 heavy (non-hydrogen) atoms. The predicted octanol–water partition coefficient (Wildman–Crippen LogP) is 4.85. The fourth-order valence-corrected chi connectivity index (χ4v) is 3.48. The smallest absolute Gasteiger partial charge is 0.434 e. The van der Waals surface area contributed by atoms with E-state index in [4.69, 9.17) is 19.0 Å². The quantitative estimate of drug-likeness (QED) is 0.233. The largest absolute Gasteiger partial charge is 0.460 e. The molecule has 1 aromatic carbocycles. The SMILES string of the molecule is C=CCOC(=O)[C@@H]1CC[C@@H](N(OCc2ccccc2)C(=O)OC(C)(C)C)CN1C(=O)OC(C)(C)C. The minimum atomic E-state index is -0.851. The summed E-state index contributed by atoms with van der Waals surface area (Å²) in [5.41, 5.74) is -0.650. The van der Waals surface area contributed by atoms with Crippen molar-refractivity contribution in [1.29, 1.82) is 0 Å². The van der Waals surface area contributed by atoms with Crippen LogP contribution in [0.15, 0.2) is 43.0 Å². The fraction of sp³-hybridized carbons (Fsp3) is 0.577. The average Bonchev–Trinajstić information content (AvgIpc) is 2.76. The maximum Gasteiger partial charge on any atom is 0.434 e. The van der Waals surface area contributed by atoms with Crippen LogP contribution in [0.25, 0.3) is 0 Å². The third-order valence-electron chi connectivity index (χ3n) is 4.92. The van der Waals surface area contributed by atoms with Crippen LogP contribution in [0.4, 0.5) is 9.59 Å². The molecule has 9 heteroatoms. The van der Waals surface area contributed by atoms with Gasteiger partial charge in [0.15, 0.2) is 0 Å². The van der Waals surface area contributed by atoms with E-state index < -0.39 is 41.4 Å². The van der Waals surface area contributed by atoms with Crippen LogP contribution in [0.2, 0.25) is 0 Å². The summed E-state index contributed by atoms with van der Waals surface area (Å²) in [7, 11) is 0. The molecule has 9 nitrogen and oxygen atoms in total. The fourth-order valence-electron chi connectivity index (χ4n) is 3.48. The van der Waals surface area contributed by atoms with Gasteiger partial charge in [0.1, 0.15) is 30.5 Å². The highest BCUT2D eigenvalue weighted by Gasteiger charge is 2.43. The molecule has 0 unspecified atom stereocenters. The van der Waals surface area contributed by atoms with Gasteiger partial charge in [0.2, 0.25) is 0 Å². The van der Waals surface area contributed by atoms with Crippen LogP contribution in [0.1, 0.15) is 59.9 Å². The second-order valence-electron chi connectivity index (χ2n) is 10.4. The Bertz CT molecular complexity index is 874. The molecule has 2 rings (SSSR count). The molecular formula is C26H38N2O7. The minimum Gasteiger partial charge on any atom is -0.460 e. The highest BCUT2D eigenvalue weighted by molar-refractivity contribution is 5.82. The van der Waals surface area contributed by atoms with Gasteiger partial charge >= 0.3 is 18.2 Å². The van der Waals surface area contributed by atoms with Crippen LogP contribution in [-0.4, -0.2) is 64.6 Å². The zero-order valence-electron chi connectivity index (χ0n) is 21.6. The Hall–Kier alpha value is -3.07. The number of esters is 1. The van der Waals surface area contributed by atoms with Gasteiger partial charge in [0, 0.05) is 6.54 Å². The molecule has 2 amide bonds. The van der Waals surface area contributed by atoms with E-state index in [0.717, 1.165) is 5.56 Å². The van der Waals surface area contributed by atoms with Crippen molar-refractivity contribution in [3.05, 3.63) is 48.6 Å². The standard InChI is InChI=1S/C26H38N2O7/c1-8-16-32-22(29)21-15-14-20(17-27(21)23(30)34-25(2,3)4)28(24(31)35-26(5,6)7)33-18-19-12-10-9-11-13-19/h8-13,20-21H,1,14-18H2,2-7H3/t20-,21+/m1/s1. The molecule has 1 aliphatic rings. The third kappa shape index (κ3) is 9.24. The highest BCUT2D eigenvalue weighted by Crippen LogP contribution is 2.27. The molecule has 1 aromatic rings. The summed E-state index contributed by atoms with van der Waals surface area (Å²) in [5.74, 6) is -0.553. The van der Waals surface area contributed by atoms with Crippen molar-refractivity contribution in [2.24, 2.45) is 0 Å². The molecule has 1 saturated heterocycles. The number of likely N-dealkylation sites (tertiary alicyclic amines) is 1. The lowest BCUT2D eigenvalue weighted by molar-refractivity contribution is -0.190. The van der Waals surface area contributed by atoms with Gasteiger partial charge in [-0.3, -0.25) is 9.74 Å². The van der Waals surface area contributed by atoms with Crippen molar-refractivity contribution in [3.8, 4) is 0 Å². The van der Waals surface area contributed by atoms with Crippen LogP contribution in [0.3, 0.4) is 0 Å². The molecular weight excluding hydrogens is 452 g/mol. The average molecular weight is 491 g/mol. The van der Waals surface area contributed by atoms with E-state index in [-0.39, 0.29) is 26.2 Å². The van der Waals surface area contributed by atoms with Crippen LogP contribution >= 0.6 is 0 Å². The van der Waals surface area contributed by atoms with E-state index in [2.05, 4.69) is 6.58 Å². The van der Waals surface area contributed by atoms with Gasteiger partial charge in [-0.25, -0.2) is 14.4 Å². The van der Waals surface area contributed by atoms with Gasteiger partial charge in [-0.15, -0.1) is 0 Å². The van der Waals surface area contributed by atoms with Gasteiger partial charge in [-0.2, -0.15) is 5.06 Å². The summed E-state index contributed by atoms with van der Waals surface area (Å²) in [6.45, 7) is 14.3. The first kappa shape index (κ1) is 28.2. The number of nitrogens with zero attached hydrogens (tertiary/aromatic N) is 2. The summed E-state index contributed by atoms with van der Waals surface area (Å²) in [4.78, 5) is 46.0. The van der Waals surface area contributed by atoms with E-state index in [1.54, 1.807) is 41.5 Å². The van der Waals surface area contributed by atoms with Crippen molar-refractivity contribution in [1.82, 2.24) is 9.96 Å². The molecule has 0 spiro atoms. The molecule has 1 aliphatic heterocycles. The highest BCUT2D eigenvalue weighted by atomic mass is 16.7. The monoisotopic (exact) mass is 490 g/mol. The summed E-state index contributed by atoms with van der Waals surface area (Å²) in [6.07, 6.45) is 0.767. The van der Waals surface area contributed by atoms with Crippen molar-refractivity contribution >= 4 is 18.2 Å². The van der Waals surface area contributed by atoms with Crippen molar-refractivity contribution in [2.75, 3.05) is 13.2 Å². The first-order valence-corrected chi connectivity index (χ1v) is 11.8. The summed E-state index contributed by atoms with van der Waals surface area (Å²) in [6, 6.07) is 7.99. The van der Waals surface area contributed by atoms with Crippen molar-refractivity contribution in [2.45, 2.75) is 84.3 Å². The molecule has 0 aliphatic carbocycles. The molecule has 1 fully saturated rings. The van der Waals surface area contributed by atoms with Gasteiger partial charge in [-0.1, -0.05) is 43.0 Å². The van der Waals surface area contributed by atoms with Gasteiger partial charge in [0.25, 0.3) is 0 Å². The molecule has 2 atom stereocenters. The van der Waals surface area contributed by atoms with Crippen LogP contribution in [-0.2, 0) is 30.4 Å². The number of hydrogen-bond acceptors (Lipinski definition) is 7. The molecule has 0 saturated carbocycles. The van der Waals surface area contributed by atoms with Crippen molar-refractivity contribution in [3.63, 3.8) is 0 Å². The Morgan fingerprint density at radius 2 is 1.66 bits per heavy atom. The number of hydrogen-bond donors (Lipinski definition) is 0. The van der Waals surface area contributed by atoms with E-state index in [9.17, 15) is 14.4 Å². The Morgan fingerprint density at radius 3 is 2.23 bits per heavy atom. The number of amides is 2. The maximum absolute atomic E-state index is 13.1. The van der Waals surface area contributed by atoms with E-state index >= 15 is 0 Å². The number of rotatable bonds is 7. The first-order chi connectivity index (χ1) is 16.3. The number of benzene rings is 1. The lowest BCUT2D eigenvalue weighted by Gasteiger charge is -2.42. The number of carbonyl (C=O) groups is 3. The van der Waals surface area contributed by atoms with Gasteiger partial charge < -0.3 is 14.2 Å². The van der Waals surface area contributed by atoms with E-state index in [1.165, 1.54) is 16.0 Å². The summed E-state index contributed by atoms with van der Waals surface area (Å²) >= 11 is 0. The number of piperidine rings is 1. The Labute approximate surface area is 207 Å². The Balaban J connectivity index is 2.28. The minimum absolute atomic E-state index is 0.0107. The number of ether oxygens (including phenoxy) is 3. The topological polar surface area (TPSA) is 94.6 Å². The summed E-state index contributed by atoms with van der Waals surface area (Å²) < 4.78 is 16.3. The van der Waals surface area contributed by atoms with Gasteiger partial charge in [0.05, 0.1) is 6.04 Å². The summed E-state index contributed by atoms with van der Waals surface area (Å²) in [5, 5.41) is 1.17. The second-order valence-corrected chi connectivity index (χ2v) is 10.4. The van der Waals surface area contributed by atoms with E-state index in [0.29, 0.717) is 6.42 Å². The zero-order valence-corrected chi connectivity index (χ0v) is 21.6. The van der Waals surface area contributed by atoms with Crippen LogP contribution < -0.4 is 0 Å². The molecule has 0 aromatic heterocycles. The second kappa shape index (κ2) is 12.1. The molecule has 0 bridgehead atoms. The molecule has 0 radical (unpaired) electrons. The molecule has 1 heterocycles.